The number of ether oxygens (including phenoxy) is 6. The van der Waals surface area contributed by atoms with Crippen molar-refractivity contribution in [2.45, 2.75) is 19.6 Å². The number of halogens is 2. The van der Waals surface area contributed by atoms with Gasteiger partial charge < -0.3 is 33.7 Å². The minimum absolute atomic E-state index is 0. The second kappa shape index (κ2) is 13.5. The first-order chi connectivity index (χ1) is 17.1. The number of fused-ring (bicyclic) bond motifs is 1. The van der Waals surface area contributed by atoms with Gasteiger partial charge >= 0.3 is 0 Å². The van der Waals surface area contributed by atoms with Crippen LogP contribution in [-0.2, 0) is 19.6 Å². The highest BCUT2D eigenvalue weighted by atomic mass is 79.9. The van der Waals surface area contributed by atoms with Gasteiger partial charge in [-0.3, -0.25) is 0 Å². The van der Waals surface area contributed by atoms with Gasteiger partial charge in [0.1, 0.15) is 19.8 Å². The van der Waals surface area contributed by atoms with Gasteiger partial charge in [0.25, 0.3) is 0 Å². The van der Waals surface area contributed by atoms with E-state index in [1.807, 2.05) is 42.5 Å². The monoisotopic (exact) mass is 579 g/mol. The predicted octanol–water partition coefficient (Wildman–Crippen LogP) is 5.58. The molecule has 1 aliphatic rings. The summed E-state index contributed by atoms with van der Waals surface area (Å²) in [6, 6.07) is 15.9. The van der Waals surface area contributed by atoms with Crippen LogP contribution in [-0.4, -0.2) is 41.1 Å². The Kier molecular flexibility index (Phi) is 10.4. The molecule has 0 radical (unpaired) electrons. The first-order valence-electron chi connectivity index (χ1n) is 11.4. The standard InChI is InChI=1S/C27H30BrNO6.ClH/c1-30-22-6-4-18(13-24(22)31-2)8-9-29-16-20-12-21(28)27(26(15-20)32-3)35-17-19-5-7-23-25(14-19)34-11-10-33-23;/h4-7,12-15,29H,8-11,16-17H2,1-3H3;1H. The number of rotatable bonds is 11. The third-order valence-corrected chi connectivity index (χ3v) is 6.24. The van der Waals surface area contributed by atoms with E-state index >= 15 is 0 Å². The highest BCUT2D eigenvalue weighted by molar-refractivity contribution is 9.10. The zero-order valence-electron chi connectivity index (χ0n) is 20.6. The average Bonchev–Trinajstić information content (AvgIpc) is 2.89. The molecule has 7 nitrogen and oxygen atoms in total. The van der Waals surface area contributed by atoms with Crippen molar-refractivity contribution in [1.29, 1.82) is 0 Å². The van der Waals surface area contributed by atoms with Crippen LogP contribution in [0.3, 0.4) is 0 Å². The Hall–Kier alpha value is -2.81. The van der Waals surface area contributed by atoms with Crippen molar-refractivity contribution in [3.8, 4) is 34.5 Å². The Balaban J connectivity index is 0.00000361. The number of methoxy groups -OCH3 is 3. The molecule has 0 unspecified atom stereocenters. The minimum atomic E-state index is 0. The molecule has 3 aromatic rings. The van der Waals surface area contributed by atoms with Crippen LogP contribution >= 0.6 is 28.3 Å². The van der Waals surface area contributed by atoms with Crippen LogP contribution in [0.4, 0.5) is 0 Å². The summed E-state index contributed by atoms with van der Waals surface area (Å²) >= 11 is 3.64. The topological polar surface area (TPSA) is 67.4 Å². The minimum Gasteiger partial charge on any atom is -0.493 e. The molecule has 1 N–H and O–H groups in total. The summed E-state index contributed by atoms with van der Waals surface area (Å²) in [5.41, 5.74) is 3.26. The van der Waals surface area contributed by atoms with Crippen molar-refractivity contribution in [1.82, 2.24) is 5.32 Å². The van der Waals surface area contributed by atoms with Gasteiger partial charge in [-0.15, -0.1) is 12.4 Å². The lowest BCUT2D eigenvalue weighted by molar-refractivity contribution is 0.171. The first kappa shape index (κ1) is 27.8. The molecule has 9 heteroatoms. The molecule has 0 bridgehead atoms. The maximum Gasteiger partial charge on any atom is 0.175 e. The zero-order chi connectivity index (χ0) is 24.6. The molecule has 0 aliphatic carbocycles. The fraction of sp³-hybridized carbons (Fsp3) is 0.333. The van der Waals surface area contributed by atoms with E-state index in [1.165, 1.54) is 5.56 Å². The van der Waals surface area contributed by atoms with Gasteiger partial charge in [-0.05, 0) is 82.0 Å². The van der Waals surface area contributed by atoms with E-state index in [4.69, 9.17) is 28.4 Å². The van der Waals surface area contributed by atoms with Gasteiger partial charge in [-0.25, -0.2) is 0 Å². The summed E-state index contributed by atoms with van der Waals surface area (Å²) in [5.74, 6) is 4.33. The molecule has 0 amide bonds. The Labute approximate surface area is 226 Å². The van der Waals surface area contributed by atoms with E-state index in [9.17, 15) is 0 Å². The molecule has 0 aromatic heterocycles. The third kappa shape index (κ3) is 6.90. The van der Waals surface area contributed by atoms with Crippen LogP contribution in [0.15, 0.2) is 53.0 Å². The van der Waals surface area contributed by atoms with Crippen LogP contribution in [0.2, 0.25) is 0 Å². The zero-order valence-corrected chi connectivity index (χ0v) is 23.0. The van der Waals surface area contributed by atoms with E-state index in [1.54, 1.807) is 21.3 Å². The van der Waals surface area contributed by atoms with Gasteiger partial charge in [0, 0.05) is 6.54 Å². The van der Waals surface area contributed by atoms with Gasteiger partial charge in [0.05, 0.1) is 25.8 Å². The molecule has 0 saturated heterocycles. The van der Waals surface area contributed by atoms with Crippen LogP contribution in [0.25, 0.3) is 0 Å². The number of hydrogen-bond donors (Lipinski definition) is 1. The molecule has 0 atom stereocenters. The van der Waals surface area contributed by atoms with Crippen molar-refractivity contribution < 1.29 is 28.4 Å². The fourth-order valence-corrected chi connectivity index (χ4v) is 4.45. The molecule has 1 aliphatic heterocycles. The average molecular weight is 581 g/mol. The van der Waals surface area contributed by atoms with E-state index in [0.29, 0.717) is 37.9 Å². The summed E-state index contributed by atoms with van der Waals surface area (Å²) in [4.78, 5) is 0. The highest BCUT2D eigenvalue weighted by Gasteiger charge is 2.15. The summed E-state index contributed by atoms with van der Waals surface area (Å²) < 4.78 is 34.5. The van der Waals surface area contributed by atoms with E-state index in [2.05, 4.69) is 27.3 Å². The maximum atomic E-state index is 6.10. The SMILES string of the molecule is COc1ccc(CCNCc2cc(Br)c(OCc3ccc4c(c3)OCCO4)c(OC)c2)cc1OC.Cl. The highest BCUT2D eigenvalue weighted by Crippen LogP contribution is 2.38. The summed E-state index contributed by atoms with van der Waals surface area (Å²) in [6.07, 6.45) is 0.870. The van der Waals surface area contributed by atoms with Gasteiger partial charge in [0.2, 0.25) is 0 Å². The molecular weight excluding hydrogens is 550 g/mol. The van der Waals surface area contributed by atoms with Crippen LogP contribution in [0.1, 0.15) is 16.7 Å². The van der Waals surface area contributed by atoms with Crippen molar-refractivity contribution in [2.75, 3.05) is 41.1 Å². The van der Waals surface area contributed by atoms with Crippen LogP contribution < -0.4 is 33.7 Å². The van der Waals surface area contributed by atoms with E-state index in [0.717, 1.165) is 51.6 Å². The predicted molar refractivity (Wildman–Crippen MR) is 145 cm³/mol. The molecule has 4 rings (SSSR count). The van der Waals surface area contributed by atoms with Crippen LogP contribution in [0, 0.1) is 0 Å². The maximum absolute atomic E-state index is 6.10. The number of benzene rings is 3. The van der Waals surface area contributed by atoms with Crippen molar-refractivity contribution in [3.63, 3.8) is 0 Å². The normalized spacial score (nSPS) is 11.9. The molecule has 194 valence electrons. The Bertz CT molecular complexity index is 1160. The lowest BCUT2D eigenvalue weighted by Gasteiger charge is -2.19. The van der Waals surface area contributed by atoms with E-state index in [-0.39, 0.29) is 12.4 Å². The van der Waals surface area contributed by atoms with E-state index < -0.39 is 0 Å². The molecular formula is C27H31BrClNO6. The quantitative estimate of drug-likeness (QED) is 0.297. The number of nitrogens with one attached hydrogen (secondary N) is 1. The van der Waals surface area contributed by atoms with Crippen molar-refractivity contribution in [3.05, 3.63) is 69.7 Å². The molecule has 36 heavy (non-hydrogen) atoms. The smallest absolute Gasteiger partial charge is 0.175 e. The van der Waals surface area contributed by atoms with Crippen molar-refractivity contribution >= 4 is 28.3 Å². The number of hydrogen-bond acceptors (Lipinski definition) is 7. The first-order valence-corrected chi connectivity index (χ1v) is 12.2. The molecule has 1 heterocycles. The molecule has 0 saturated carbocycles. The summed E-state index contributed by atoms with van der Waals surface area (Å²) in [5, 5.41) is 3.49. The molecule has 0 fully saturated rings. The van der Waals surface area contributed by atoms with Crippen molar-refractivity contribution in [2.24, 2.45) is 0 Å². The van der Waals surface area contributed by atoms with Gasteiger partial charge in [-0.1, -0.05) is 12.1 Å². The van der Waals surface area contributed by atoms with Gasteiger partial charge in [-0.2, -0.15) is 0 Å². The summed E-state index contributed by atoms with van der Waals surface area (Å²) in [7, 11) is 4.93. The second-order valence-corrected chi connectivity index (χ2v) is 8.85. The third-order valence-electron chi connectivity index (χ3n) is 5.65. The van der Waals surface area contributed by atoms with Crippen LogP contribution in [0.5, 0.6) is 34.5 Å². The van der Waals surface area contributed by atoms with Gasteiger partial charge in [0.15, 0.2) is 34.5 Å². The second-order valence-electron chi connectivity index (χ2n) is 7.99. The molecule has 3 aromatic carbocycles. The Morgan fingerprint density at radius 1 is 0.778 bits per heavy atom. The fourth-order valence-electron chi connectivity index (χ4n) is 3.85. The Morgan fingerprint density at radius 3 is 2.22 bits per heavy atom. The largest absolute Gasteiger partial charge is 0.493 e. The lowest BCUT2D eigenvalue weighted by atomic mass is 10.1. The Morgan fingerprint density at radius 2 is 1.47 bits per heavy atom. The molecule has 0 spiro atoms. The summed E-state index contributed by atoms with van der Waals surface area (Å²) in [6.45, 7) is 3.03. The lowest BCUT2D eigenvalue weighted by Crippen LogP contribution is -2.17.